The summed E-state index contributed by atoms with van der Waals surface area (Å²) in [6.07, 6.45) is 0. The van der Waals surface area contributed by atoms with Crippen LogP contribution in [0.4, 0.5) is 0 Å². The van der Waals surface area contributed by atoms with Crippen molar-refractivity contribution in [3.63, 3.8) is 0 Å². The van der Waals surface area contributed by atoms with Gasteiger partial charge in [0.25, 0.3) is 0 Å². The van der Waals surface area contributed by atoms with Gasteiger partial charge in [0.05, 0.1) is 16.6 Å². The summed E-state index contributed by atoms with van der Waals surface area (Å²) in [5, 5.41) is 3.63. The second kappa shape index (κ2) is 10.0. The van der Waals surface area contributed by atoms with Crippen LogP contribution >= 0.6 is 11.3 Å². The Hall–Kier alpha value is -5.51. The smallest absolute Gasteiger partial charge is 0.146 e. The van der Waals surface area contributed by atoms with Crippen molar-refractivity contribution in [3.05, 3.63) is 158 Å². The van der Waals surface area contributed by atoms with E-state index < -0.39 is 0 Å². The van der Waals surface area contributed by atoms with Gasteiger partial charge in [-0.1, -0.05) is 121 Å². The number of para-hydroxylation sites is 3. The Kier molecular flexibility index (Phi) is 5.71. The molecule has 0 unspecified atom stereocenters. The number of thiophene rings is 1. The molecule has 2 nitrogen and oxygen atoms in total. The normalized spacial score (nSPS) is 11.6. The van der Waals surface area contributed by atoms with E-state index in [1.807, 2.05) is 11.3 Å². The zero-order valence-electron chi connectivity index (χ0n) is 23.8. The summed E-state index contributed by atoms with van der Waals surface area (Å²) in [5.41, 5.74) is 11.7. The van der Waals surface area contributed by atoms with E-state index in [1.165, 1.54) is 64.8 Å². The van der Waals surface area contributed by atoms with Gasteiger partial charge >= 0.3 is 0 Å². The number of benzene rings is 6. The van der Waals surface area contributed by atoms with E-state index in [2.05, 4.69) is 162 Å². The second-order valence-electron chi connectivity index (χ2n) is 11.2. The standard InChI is InChI=1S/C41H26N2S/c1-2-8-30(9-3-1)39-24-25-40(44-39)31-20-18-28(19-21-31)27-14-16-29(17-15-27)32-22-23-33-34-10-4-6-12-37(34)43-38-13-7-5-11-36(38)42-41(43)35(33)26-32/h1-26H. The van der Waals surface area contributed by atoms with Crippen molar-refractivity contribution >= 4 is 49.7 Å². The minimum Gasteiger partial charge on any atom is -0.292 e. The molecular formula is C41H26N2S. The Morgan fingerprint density at radius 3 is 1.66 bits per heavy atom. The highest BCUT2D eigenvalue weighted by molar-refractivity contribution is 7.18. The van der Waals surface area contributed by atoms with Crippen molar-refractivity contribution in [1.29, 1.82) is 0 Å². The van der Waals surface area contributed by atoms with Crippen molar-refractivity contribution in [3.8, 4) is 43.1 Å². The van der Waals surface area contributed by atoms with Crippen LogP contribution in [0.25, 0.3) is 81.5 Å². The van der Waals surface area contributed by atoms with Crippen LogP contribution in [-0.4, -0.2) is 9.38 Å². The molecule has 0 radical (unpaired) electrons. The molecule has 0 bridgehead atoms. The molecule has 0 aliphatic rings. The molecule has 0 atom stereocenters. The lowest BCUT2D eigenvalue weighted by atomic mass is 9.97. The van der Waals surface area contributed by atoms with E-state index in [0.29, 0.717) is 0 Å². The third-order valence-electron chi connectivity index (χ3n) is 8.64. The molecule has 0 saturated heterocycles. The van der Waals surface area contributed by atoms with Crippen LogP contribution in [0.2, 0.25) is 0 Å². The van der Waals surface area contributed by atoms with Gasteiger partial charge in [0.15, 0.2) is 0 Å². The summed E-state index contributed by atoms with van der Waals surface area (Å²) >= 11 is 1.84. The zero-order chi connectivity index (χ0) is 29.0. The SMILES string of the molecule is c1ccc(-c2ccc(-c3ccc(-c4ccc(-c5ccc6c7ccccc7n7c8ccccc8nc7c6c5)cc4)cc3)s2)cc1. The molecule has 0 spiro atoms. The number of hydrogen-bond acceptors (Lipinski definition) is 2. The summed E-state index contributed by atoms with van der Waals surface area (Å²) in [6, 6.07) is 56.7. The van der Waals surface area contributed by atoms with E-state index >= 15 is 0 Å². The maximum atomic E-state index is 5.09. The topological polar surface area (TPSA) is 17.3 Å². The third-order valence-corrected chi connectivity index (χ3v) is 9.83. The summed E-state index contributed by atoms with van der Waals surface area (Å²) in [7, 11) is 0. The molecular weight excluding hydrogens is 553 g/mol. The van der Waals surface area contributed by atoms with Gasteiger partial charge in [0, 0.05) is 20.5 Å². The first-order valence-corrected chi connectivity index (χ1v) is 15.7. The molecule has 3 heterocycles. The largest absolute Gasteiger partial charge is 0.292 e. The number of hydrogen-bond donors (Lipinski definition) is 0. The van der Waals surface area contributed by atoms with E-state index in [4.69, 9.17) is 4.98 Å². The lowest BCUT2D eigenvalue weighted by Crippen LogP contribution is -1.92. The first kappa shape index (κ1) is 25.0. The summed E-state index contributed by atoms with van der Waals surface area (Å²) in [4.78, 5) is 7.67. The summed E-state index contributed by atoms with van der Waals surface area (Å²) in [6.45, 7) is 0. The maximum Gasteiger partial charge on any atom is 0.146 e. The Balaban J connectivity index is 1.06. The van der Waals surface area contributed by atoms with Crippen LogP contribution < -0.4 is 0 Å². The molecule has 3 heteroatoms. The van der Waals surface area contributed by atoms with Gasteiger partial charge in [0.2, 0.25) is 0 Å². The first-order valence-electron chi connectivity index (χ1n) is 14.9. The van der Waals surface area contributed by atoms with E-state index in [9.17, 15) is 0 Å². The Morgan fingerprint density at radius 2 is 0.932 bits per heavy atom. The molecule has 0 aliphatic heterocycles. The Morgan fingerprint density at radius 1 is 0.386 bits per heavy atom. The highest BCUT2D eigenvalue weighted by atomic mass is 32.1. The van der Waals surface area contributed by atoms with Crippen LogP contribution in [0.3, 0.4) is 0 Å². The van der Waals surface area contributed by atoms with Gasteiger partial charge in [-0.2, -0.15) is 0 Å². The van der Waals surface area contributed by atoms with E-state index in [-0.39, 0.29) is 0 Å². The molecule has 0 amide bonds. The minimum absolute atomic E-state index is 1.00. The number of imidazole rings is 1. The average Bonchev–Trinajstić information content (AvgIpc) is 3.75. The molecule has 0 aliphatic carbocycles. The average molecular weight is 579 g/mol. The second-order valence-corrected chi connectivity index (χ2v) is 12.3. The number of aromatic nitrogens is 2. The molecule has 3 aromatic heterocycles. The van der Waals surface area contributed by atoms with Crippen molar-refractivity contribution in [2.75, 3.05) is 0 Å². The van der Waals surface area contributed by atoms with Gasteiger partial charge in [-0.15, -0.1) is 11.3 Å². The summed E-state index contributed by atoms with van der Waals surface area (Å²) < 4.78 is 2.31. The maximum absolute atomic E-state index is 5.09. The fourth-order valence-corrected chi connectivity index (χ4v) is 7.44. The van der Waals surface area contributed by atoms with Crippen molar-refractivity contribution < 1.29 is 0 Å². The van der Waals surface area contributed by atoms with Crippen molar-refractivity contribution in [2.24, 2.45) is 0 Å². The van der Waals surface area contributed by atoms with Crippen LogP contribution in [-0.2, 0) is 0 Å². The third kappa shape index (κ3) is 4.05. The molecule has 0 N–H and O–H groups in total. The van der Waals surface area contributed by atoms with Crippen LogP contribution in [0, 0.1) is 0 Å². The fraction of sp³-hybridized carbons (Fsp3) is 0. The van der Waals surface area contributed by atoms with E-state index in [0.717, 1.165) is 16.7 Å². The van der Waals surface area contributed by atoms with Crippen LogP contribution in [0.15, 0.2) is 158 Å². The van der Waals surface area contributed by atoms with E-state index in [1.54, 1.807) is 0 Å². The number of pyridine rings is 1. The quantitative estimate of drug-likeness (QED) is 0.190. The predicted octanol–water partition coefficient (Wildman–Crippen LogP) is 11.5. The molecule has 44 heavy (non-hydrogen) atoms. The van der Waals surface area contributed by atoms with Gasteiger partial charge in [0.1, 0.15) is 5.65 Å². The number of fused-ring (bicyclic) bond motifs is 8. The van der Waals surface area contributed by atoms with Crippen LogP contribution in [0.5, 0.6) is 0 Å². The molecule has 9 aromatic rings. The van der Waals surface area contributed by atoms with Gasteiger partial charge in [-0.25, -0.2) is 4.98 Å². The van der Waals surface area contributed by atoms with Crippen molar-refractivity contribution in [1.82, 2.24) is 9.38 Å². The minimum atomic E-state index is 1.00. The molecule has 6 aromatic carbocycles. The lowest BCUT2D eigenvalue weighted by molar-refractivity contribution is 1.31. The number of rotatable bonds is 4. The molecule has 9 rings (SSSR count). The predicted molar refractivity (Wildman–Crippen MR) is 187 cm³/mol. The molecule has 0 saturated carbocycles. The van der Waals surface area contributed by atoms with Gasteiger partial charge < -0.3 is 0 Å². The Labute approximate surface area is 259 Å². The highest BCUT2D eigenvalue weighted by Gasteiger charge is 2.14. The molecule has 0 fully saturated rings. The first-order chi connectivity index (χ1) is 21.8. The van der Waals surface area contributed by atoms with Gasteiger partial charge in [-0.05, 0) is 75.2 Å². The summed E-state index contributed by atoms with van der Waals surface area (Å²) in [5.74, 6) is 0. The Bertz CT molecular complexity index is 2470. The zero-order valence-corrected chi connectivity index (χ0v) is 24.6. The highest BCUT2D eigenvalue weighted by Crippen LogP contribution is 2.37. The van der Waals surface area contributed by atoms with Gasteiger partial charge in [-0.3, -0.25) is 4.40 Å². The fourth-order valence-electron chi connectivity index (χ4n) is 6.42. The monoisotopic (exact) mass is 578 g/mol. The molecule has 206 valence electrons. The van der Waals surface area contributed by atoms with Crippen molar-refractivity contribution in [2.45, 2.75) is 0 Å². The number of nitrogens with zero attached hydrogens (tertiary/aromatic N) is 2. The van der Waals surface area contributed by atoms with Crippen LogP contribution in [0.1, 0.15) is 0 Å². The lowest BCUT2D eigenvalue weighted by Gasteiger charge is -2.11.